The molecule has 0 amide bonds. The second-order valence-corrected chi connectivity index (χ2v) is 7.51. The van der Waals surface area contributed by atoms with Crippen LogP contribution in [0.1, 0.15) is 45.8 Å². The number of halogens is 1. The Balaban J connectivity index is 1.98. The number of aromatic nitrogens is 1. The zero-order chi connectivity index (χ0) is 20.7. The van der Waals surface area contributed by atoms with Crippen LogP contribution in [0.4, 0.5) is 4.39 Å². The summed E-state index contributed by atoms with van der Waals surface area (Å²) >= 11 is 0. The molecule has 1 aliphatic rings. The number of nitrogens with zero attached hydrogens (tertiary/aromatic N) is 1. The number of fused-ring (bicyclic) bond motifs is 1. The number of aryl methyl sites for hydroxylation is 1. The molecule has 1 saturated carbocycles. The van der Waals surface area contributed by atoms with Gasteiger partial charge in [-0.05, 0) is 61.1 Å². The van der Waals surface area contributed by atoms with Crippen molar-refractivity contribution in [1.82, 2.24) is 9.72 Å². The van der Waals surface area contributed by atoms with Crippen LogP contribution in [0.3, 0.4) is 0 Å². The van der Waals surface area contributed by atoms with E-state index in [4.69, 9.17) is 4.74 Å². The number of esters is 1. The van der Waals surface area contributed by atoms with Crippen LogP contribution in [0.5, 0.6) is 0 Å². The molecule has 0 bridgehead atoms. The molecule has 0 spiro atoms. The Kier molecular flexibility index (Phi) is 4.96. The van der Waals surface area contributed by atoms with Gasteiger partial charge in [-0.1, -0.05) is 24.3 Å². The highest BCUT2D eigenvalue weighted by atomic mass is 19.1. The van der Waals surface area contributed by atoms with Gasteiger partial charge in [0.2, 0.25) is 0 Å². The second-order valence-electron chi connectivity index (χ2n) is 7.51. The van der Waals surface area contributed by atoms with E-state index < -0.39 is 17.3 Å². The summed E-state index contributed by atoms with van der Waals surface area (Å²) in [5.74, 6) is -0.931. The third kappa shape index (κ3) is 3.34. The number of hydrogen-bond donors (Lipinski definition) is 1. The maximum Gasteiger partial charge on any atom is 0.343 e. The highest BCUT2D eigenvalue weighted by Gasteiger charge is 2.30. The molecular weight excluding hydrogens is 371 g/mol. The van der Waals surface area contributed by atoms with E-state index in [1.807, 2.05) is 38.2 Å². The van der Waals surface area contributed by atoms with Gasteiger partial charge in [-0.15, -0.1) is 0 Å². The molecule has 0 saturated heterocycles. The molecular formula is C23H23FN2O3. The van der Waals surface area contributed by atoms with Gasteiger partial charge in [0.25, 0.3) is 5.56 Å². The number of carbonyl (C=O) groups excluding carboxylic acids is 1. The number of nitrogens with one attached hydrogen (secondary N) is 1. The Labute approximate surface area is 168 Å². The maximum atomic E-state index is 15.2. The molecule has 3 aromatic rings. The lowest BCUT2D eigenvalue weighted by molar-refractivity contribution is 0.0598. The molecule has 0 aliphatic heterocycles. The van der Waals surface area contributed by atoms with Gasteiger partial charge in [-0.25, -0.2) is 9.18 Å². The van der Waals surface area contributed by atoms with E-state index in [0.29, 0.717) is 16.6 Å². The standard InChI is InChI=1S/C23H23FN2O3/c1-13-20(16-6-4-14(5-7-16)11-25-2)19(24)12-26-21(13)17(15-8-9-15)10-18(22(26)27)23(28)29-3/h4-7,10,12,15,25H,8-9,11H2,1-3H3. The number of benzene rings is 1. The van der Waals surface area contributed by atoms with E-state index >= 15 is 4.39 Å². The molecule has 1 aromatic carbocycles. The van der Waals surface area contributed by atoms with Crippen LogP contribution in [0.2, 0.25) is 0 Å². The Morgan fingerprint density at radius 2 is 1.97 bits per heavy atom. The molecule has 5 nitrogen and oxygen atoms in total. The smallest absolute Gasteiger partial charge is 0.343 e. The third-order valence-electron chi connectivity index (χ3n) is 5.52. The van der Waals surface area contributed by atoms with Gasteiger partial charge in [0, 0.05) is 18.3 Å². The van der Waals surface area contributed by atoms with Crippen molar-refractivity contribution in [2.75, 3.05) is 14.2 Å². The fraction of sp³-hybridized carbons (Fsp3) is 0.304. The molecule has 1 aliphatic carbocycles. The van der Waals surface area contributed by atoms with Crippen LogP contribution in [-0.4, -0.2) is 24.5 Å². The average molecular weight is 394 g/mol. The number of pyridine rings is 2. The lowest BCUT2D eigenvalue weighted by Gasteiger charge is -2.17. The summed E-state index contributed by atoms with van der Waals surface area (Å²) in [6.07, 6.45) is 3.17. The van der Waals surface area contributed by atoms with Crippen LogP contribution in [0.15, 0.2) is 41.3 Å². The molecule has 0 unspecified atom stereocenters. The average Bonchev–Trinajstić information content (AvgIpc) is 3.55. The number of hydrogen-bond acceptors (Lipinski definition) is 4. The zero-order valence-electron chi connectivity index (χ0n) is 16.7. The van der Waals surface area contributed by atoms with E-state index in [0.717, 1.165) is 36.1 Å². The number of carbonyl (C=O) groups is 1. The summed E-state index contributed by atoms with van der Waals surface area (Å²) in [4.78, 5) is 25.0. The number of ether oxygens (including phenoxy) is 1. The van der Waals surface area contributed by atoms with Gasteiger partial charge in [0.05, 0.1) is 12.6 Å². The molecule has 2 heterocycles. The second kappa shape index (κ2) is 7.44. The van der Waals surface area contributed by atoms with Gasteiger partial charge in [0.15, 0.2) is 0 Å². The van der Waals surface area contributed by atoms with Crippen molar-refractivity contribution in [2.45, 2.75) is 32.2 Å². The SMILES string of the molecule is CNCc1ccc(-c2c(F)cn3c(=O)c(C(=O)OC)cc(C4CC4)c3c2C)cc1. The largest absolute Gasteiger partial charge is 0.465 e. The minimum Gasteiger partial charge on any atom is -0.465 e. The van der Waals surface area contributed by atoms with Crippen molar-refractivity contribution in [3.8, 4) is 11.1 Å². The first-order valence-electron chi connectivity index (χ1n) is 9.66. The molecule has 150 valence electrons. The third-order valence-corrected chi connectivity index (χ3v) is 5.52. The number of rotatable bonds is 5. The van der Waals surface area contributed by atoms with Crippen molar-refractivity contribution in [3.05, 3.63) is 75.0 Å². The fourth-order valence-corrected chi connectivity index (χ4v) is 3.96. The van der Waals surface area contributed by atoms with E-state index in [-0.39, 0.29) is 11.5 Å². The maximum absolute atomic E-state index is 15.2. The lowest BCUT2D eigenvalue weighted by atomic mass is 9.95. The Morgan fingerprint density at radius 3 is 2.55 bits per heavy atom. The molecule has 4 rings (SSSR count). The van der Waals surface area contributed by atoms with Crippen LogP contribution >= 0.6 is 0 Å². The molecule has 0 radical (unpaired) electrons. The van der Waals surface area contributed by atoms with Gasteiger partial charge in [0.1, 0.15) is 11.4 Å². The zero-order valence-corrected chi connectivity index (χ0v) is 16.7. The van der Waals surface area contributed by atoms with Gasteiger partial charge < -0.3 is 10.1 Å². The van der Waals surface area contributed by atoms with Crippen molar-refractivity contribution < 1.29 is 13.9 Å². The minimum atomic E-state index is -0.700. The van der Waals surface area contributed by atoms with Gasteiger partial charge >= 0.3 is 5.97 Å². The lowest BCUT2D eigenvalue weighted by Crippen LogP contribution is -2.25. The predicted molar refractivity (Wildman–Crippen MR) is 110 cm³/mol. The summed E-state index contributed by atoms with van der Waals surface area (Å²) in [7, 11) is 3.11. The van der Waals surface area contributed by atoms with Gasteiger partial charge in [-0.3, -0.25) is 9.20 Å². The topological polar surface area (TPSA) is 59.8 Å². The number of methoxy groups -OCH3 is 1. The highest BCUT2D eigenvalue weighted by Crippen LogP contribution is 2.43. The van der Waals surface area contributed by atoms with E-state index in [9.17, 15) is 9.59 Å². The molecule has 29 heavy (non-hydrogen) atoms. The van der Waals surface area contributed by atoms with Crippen molar-refractivity contribution >= 4 is 11.5 Å². The first-order valence-corrected chi connectivity index (χ1v) is 9.66. The first-order chi connectivity index (χ1) is 14.0. The highest BCUT2D eigenvalue weighted by molar-refractivity contribution is 5.90. The van der Waals surface area contributed by atoms with Gasteiger partial charge in [-0.2, -0.15) is 0 Å². The predicted octanol–water partition coefficient (Wildman–Crippen LogP) is 3.80. The van der Waals surface area contributed by atoms with Crippen molar-refractivity contribution in [2.24, 2.45) is 0 Å². The summed E-state index contributed by atoms with van der Waals surface area (Å²) in [6, 6.07) is 9.34. The minimum absolute atomic E-state index is 0.0603. The summed E-state index contributed by atoms with van der Waals surface area (Å²) in [5, 5.41) is 3.09. The van der Waals surface area contributed by atoms with Crippen LogP contribution < -0.4 is 10.9 Å². The molecule has 6 heteroatoms. The molecule has 1 N–H and O–H groups in total. The molecule has 0 atom stereocenters. The van der Waals surface area contributed by atoms with E-state index in [1.165, 1.54) is 17.7 Å². The molecule has 1 fully saturated rings. The summed E-state index contributed by atoms with van der Waals surface area (Å²) in [6.45, 7) is 2.56. The first kappa shape index (κ1) is 19.3. The van der Waals surface area contributed by atoms with E-state index in [2.05, 4.69) is 5.32 Å². The monoisotopic (exact) mass is 394 g/mol. The normalized spacial score (nSPS) is 13.7. The van der Waals surface area contributed by atoms with Crippen molar-refractivity contribution in [1.29, 1.82) is 0 Å². The van der Waals surface area contributed by atoms with E-state index in [1.54, 1.807) is 6.07 Å². The molecule has 2 aromatic heterocycles. The van der Waals surface area contributed by atoms with Crippen LogP contribution in [0.25, 0.3) is 16.6 Å². The summed E-state index contributed by atoms with van der Waals surface area (Å²) in [5.41, 5.74) is 4.00. The van der Waals surface area contributed by atoms with Crippen molar-refractivity contribution in [3.63, 3.8) is 0 Å². The quantitative estimate of drug-likeness (QED) is 0.669. The Hall–Kier alpha value is -2.99. The summed E-state index contributed by atoms with van der Waals surface area (Å²) < 4.78 is 21.2. The fourth-order valence-electron chi connectivity index (χ4n) is 3.96. The van der Waals surface area contributed by atoms with Crippen LogP contribution in [0, 0.1) is 12.7 Å². The Morgan fingerprint density at radius 1 is 1.28 bits per heavy atom. The Bertz CT molecular complexity index is 1160. The van der Waals surface area contributed by atoms with Crippen LogP contribution in [-0.2, 0) is 11.3 Å².